The number of hydrogen-bond donors (Lipinski definition) is 1. The molecule has 1 aromatic carbocycles. The first-order valence-electron chi connectivity index (χ1n) is 7.27. The lowest BCUT2D eigenvalue weighted by Crippen LogP contribution is -2.19. The molecule has 1 heterocycles. The summed E-state index contributed by atoms with van der Waals surface area (Å²) >= 11 is 0. The first-order chi connectivity index (χ1) is 8.89. The number of aryl methyl sites for hydroxylation is 2. The minimum absolute atomic E-state index is 0.202. The quantitative estimate of drug-likeness (QED) is 0.763. The smallest absolute Gasteiger partial charge is 0.0483 e. The van der Waals surface area contributed by atoms with E-state index in [1.807, 2.05) is 0 Å². The van der Waals surface area contributed by atoms with Crippen LogP contribution in [0.1, 0.15) is 56.5 Å². The maximum atomic E-state index is 6.31. The third kappa shape index (κ3) is 1.90. The van der Waals surface area contributed by atoms with E-state index in [0.29, 0.717) is 0 Å². The van der Waals surface area contributed by atoms with Gasteiger partial charge in [-0.3, -0.25) is 0 Å². The fourth-order valence-electron chi connectivity index (χ4n) is 3.38. The summed E-state index contributed by atoms with van der Waals surface area (Å²) in [6.45, 7) is 6.82. The average Bonchev–Trinajstić information content (AvgIpc) is 2.63. The van der Waals surface area contributed by atoms with Crippen LogP contribution in [0.2, 0.25) is 0 Å². The normalized spacial score (nSPS) is 19.7. The highest BCUT2D eigenvalue weighted by Gasteiger charge is 2.25. The van der Waals surface area contributed by atoms with Crippen LogP contribution in [0, 0.1) is 0 Å². The predicted octanol–water partition coefficient (Wildman–Crippen LogP) is 3.81. The molecule has 0 aliphatic heterocycles. The molecule has 1 unspecified atom stereocenters. The molecular weight excluding hydrogens is 232 g/mol. The summed E-state index contributed by atoms with van der Waals surface area (Å²) in [5, 5.41) is 1.42. The maximum absolute atomic E-state index is 6.31. The first-order valence-corrected chi connectivity index (χ1v) is 7.27. The van der Waals surface area contributed by atoms with E-state index in [4.69, 9.17) is 5.73 Å². The Labute approximate surface area is 115 Å². The summed E-state index contributed by atoms with van der Waals surface area (Å²) in [6, 6.07) is 7.12. The van der Waals surface area contributed by atoms with Crippen LogP contribution in [-0.4, -0.2) is 4.57 Å². The maximum Gasteiger partial charge on any atom is 0.0483 e. The highest BCUT2D eigenvalue weighted by molar-refractivity contribution is 5.87. The van der Waals surface area contributed by atoms with E-state index in [1.54, 1.807) is 0 Å². The summed E-state index contributed by atoms with van der Waals surface area (Å²) in [6.07, 6.45) is 3.50. The summed E-state index contributed by atoms with van der Waals surface area (Å²) in [5.41, 5.74) is 12.1. The van der Waals surface area contributed by atoms with Gasteiger partial charge in [-0.2, -0.15) is 0 Å². The number of fused-ring (bicyclic) bond motifs is 3. The van der Waals surface area contributed by atoms with E-state index < -0.39 is 0 Å². The van der Waals surface area contributed by atoms with Crippen molar-refractivity contribution in [2.24, 2.45) is 12.8 Å². The van der Waals surface area contributed by atoms with Crippen molar-refractivity contribution in [2.75, 3.05) is 0 Å². The van der Waals surface area contributed by atoms with Gasteiger partial charge in [-0.15, -0.1) is 0 Å². The van der Waals surface area contributed by atoms with Crippen LogP contribution in [-0.2, 0) is 18.9 Å². The van der Waals surface area contributed by atoms with Gasteiger partial charge in [0.15, 0.2) is 0 Å². The van der Waals surface area contributed by atoms with Gasteiger partial charge < -0.3 is 10.3 Å². The molecule has 0 radical (unpaired) electrons. The molecule has 3 rings (SSSR count). The van der Waals surface area contributed by atoms with Crippen LogP contribution in [0.3, 0.4) is 0 Å². The second-order valence-corrected chi connectivity index (χ2v) is 6.90. The van der Waals surface area contributed by atoms with Gasteiger partial charge in [0.25, 0.3) is 0 Å². The Bertz CT molecular complexity index is 629. The van der Waals surface area contributed by atoms with E-state index in [1.165, 1.54) is 40.6 Å². The third-order valence-electron chi connectivity index (χ3n) is 4.51. The molecule has 102 valence electrons. The molecule has 0 saturated heterocycles. The second-order valence-electron chi connectivity index (χ2n) is 6.90. The molecule has 1 aliphatic carbocycles. The Kier molecular flexibility index (Phi) is 2.75. The number of aromatic nitrogens is 1. The molecule has 1 aromatic heterocycles. The van der Waals surface area contributed by atoms with E-state index in [2.05, 4.69) is 50.6 Å². The lowest BCUT2D eigenvalue weighted by molar-refractivity contribution is 0.542. The van der Waals surface area contributed by atoms with Crippen LogP contribution in [0.5, 0.6) is 0 Å². The van der Waals surface area contributed by atoms with Crippen molar-refractivity contribution < 1.29 is 0 Å². The summed E-state index contributed by atoms with van der Waals surface area (Å²) in [7, 11) is 2.16. The number of hydrogen-bond acceptors (Lipinski definition) is 1. The van der Waals surface area contributed by atoms with Crippen LogP contribution in [0.4, 0.5) is 0 Å². The minimum atomic E-state index is 0.202. The Morgan fingerprint density at radius 3 is 2.68 bits per heavy atom. The van der Waals surface area contributed by atoms with Crippen LogP contribution < -0.4 is 5.73 Å². The zero-order valence-electron chi connectivity index (χ0n) is 12.5. The zero-order valence-corrected chi connectivity index (χ0v) is 12.5. The van der Waals surface area contributed by atoms with Crippen LogP contribution in [0.15, 0.2) is 18.2 Å². The number of nitrogens with zero attached hydrogens (tertiary/aromatic N) is 1. The van der Waals surface area contributed by atoms with Crippen molar-refractivity contribution >= 4 is 10.9 Å². The highest BCUT2D eigenvalue weighted by Crippen LogP contribution is 2.37. The molecule has 1 atom stereocenters. The number of benzene rings is 1. The number of nitrogens with two attached hydrogens (primary N) is 1. The van der Waals surface area contributed by atoms with Crippen LogP contribution >= 0.6 is 0 Å². The lowest BCUT2D eigenvalue weighted by atomic mass is 9.85. The molecule has 1 aliphatic rings. The van der Waals surface area contributed by atoms with Crippen molar-refractivity contribution in [1.29, 1.82) is 0 Å². The topological polar surface area (TPSA) is 30.9 Å². The molecule has 2 nitrogen and oxygen atoms in total. The van der Waals surface area contributed by atoms with Crippen molar-refractivity contribution in [3.8, 4) is 0 Å². The molecule has 0 bridgehead atoms. The van der Waals surface area contributed by atoms with E-state index in [0.717, 1.165) is 6.42 Å². The minimum Gasteiger partial charge on any atom is -0.346 e. The van der Waals surface area contributed by atoms with E-state index >= 15 is 0 Å². The van der Waals surface area contributed by atoms with E-state index in [9.17, 15) is 0 Å². The molecular formula is C17H24N2. The van der Waals surface area contributed by atoms with Gasteiger partial charge in [-0.25, -0.2) is 0 Å². The molecule has 19 heavy (non-hydrogen) atoms. The molecule has 0 amide bonds. The Morgan fingerprint density at radius 1 is 1.26 bits per heavy atom. The Morgan fingerprint density at radius 2 is 2.00 bits per heavy atom. The largest absolute Gasteiger partial charge is 0.346 e. The van der Waals surface area contributed by atoms with E-state index in [-0.39, 0.29) is 11.5 Å². The number of rotatable bonds is 0. The Balaban J connectivity index is 2.29. The van der Waals surface area contributed by atoms with Crippen molar-refractivity contribution in [1.82, 2.24) is 4.57 Å². The second kappa shape index (κ2) is 4.11. The van der Waals surface area contributed by atoms with Gasteiger partial charge >= 0.3 is 0 Å². The Hall–Kier alpha value is -1.28. The van der Waals surface area contributed by atoms with Gasteiger partial charge in [-0.05, 0) is 47.9 Å². The fraction of sp³-hybridized carbons (Fsp3) is 0.529. The highest BCUT2D eigenvalue weighted by atomic mass is 15.0. The van der Waals surface area contributed by atoms with Gasteiger partial charge in [0.2, 0.25) is 0 Å². The van der Waals surface area contributed by atoms with Crippen molar-refractivity contribution in [2.45, 2.75) is 51.5 Å². The van der Waals surface area contributed by atoms with Gasteiger partial charge in [-0.1, -0.05) is 26.8 Å². The fourth-order valence-corrected chi connectivity index (χ4v) is 3.38. The molecule has 2 heteroatoms. The van der Waals surface area contributed by atoms with Gasteiger partial charge in [0.1, 0.15) is 0 Å². The average molecular weight is 256 g/mol. The molecule has 2 N–H and O–H groups in total. The van der Waals surface area contributed by atoms with Crippen molar-refractivity contribution in [3.05, 3.63) is 35.0 Å². The SMILES string of the molecule is Cn1c2c(c3cc(C(C)(C)C)ccc31)CCCC2N. The monoisotopic (exact) mass is 256 g/mol. The predicted molar refractivity (Wildman–Crippen MR) is 81.5 cm³/mol. The van der Waals surface area contributed by atoms with Gasteiger partial charge in [0.05, 0.1) is 0 Å². The summed E-state index contributed by atoms with van der Waals surface area (Å²) in [4.78, 5) is 0. The summed E-state index contributed by atoms with van der Waals surface area (Å²) < 4.78 is 2.31. The van der Waals surface area contributed by atoms with Gasteiger partial charge in [0, 0.05) is 29.7 Å². The zero-order chi connectivity index (χ0) is 13.8. The standard InChI is InChI=1S/C17H24N2/c1-17(2,3)11-8-9-15-13(10-11)12-6-5-7-14(18)16(12)19(15)4/h8-10,14H,5-7,18H2,1-4H3. The molecule has 2 aromatic rings. The molecule has 0 spiro atoms. The lowest BCUT2D eigenvalue weighted by Gasteiger charge is -2.21. The molecule has 0 saturated carbocycles. The van der Waals surface area contributed by atoms with Crippen LogP contribution in [0.25, 0.3) is 10.9 Å². The first kappa shape index (κ1) is 12.7. The summed E-state index contributed by atoms with van der Waals surface area (Å²) in [5.74, 6) is 0. The third-order valence-corrected chi connectivity index (χ3v) is 4.51. The molecule has 0 fully saturated rings. The van der Waals surface area contributed by atoms with Crippen molar-refractivity contribution in [3.63, 3.8) is 0 Å².